The Morgan fingerprint density at radius 3 is 2.52 bits per heavy atom. The quantitative estimate of drug-likeness (QED) is 0.793. The number of hydrogen-bond acceptors (Lipinski definition) is 3. The summed E-state index contributed by atoms with van der Waals surface area (Å²) in [6, 6.07) is 18.6. The van der Waals surface area contributed by atoms with Crippen molar-refractivity contribution in [1.82, 2.24) is 0 Å². The van der Waals surface area contributed by atoms with Crippen molar-refractivity contribution < 1.29 is 9.53 Å². The molecule has 0 unspecified atom stereocenters. The molecule has 118 valence electrons. The first-order chi connectivity index (χ1) is 11.2. The molecule has 0 fully saturated rings. The van der Waals surface area contributed by atoms with Gasteiger partial charge in [-0.25, -0.2) is 0 Å². The molecule has 0 saturated carbocycles. The molecule has 23 heavy (non-hydrogen) atoms. The van der Waals surface area contributed by atoms with Gasteiger partial charge in [0.2, 0.25) is 0 Å². The number of aryl methyl sites for hydroxylation is 1. The number of hydrogen-bond donors (Lipinski definition) is 0. The van der Waals surface area contributed by atoms with Crippen LogP contribution < -0.4 is 0 Å². The van der Waals surface area contributed by atoms with Crippen LogP contribution in [0.15, 0.2) is 66.4 Å². The van der Waals surface area contributed by atoms with Gasteiger partial charge in [0.1, 0.15) is 6.10 Å². The molecule has 0 saturated heterocycles. The average Bonchev–Trinajstić information content (AvgIpc) is 2.61. The van der Waals surface area contributed by atoms with Gasteiger partial charge in [-0.05, 0) is 36.8 Å². The van der Waals surface area contributed by atoms with Crippen LogP contribution in [-0.4, -0.2) is 11.4 Å². The molecule has 0 spiro atoms. The molecule has 0 radical (unpaired) electrons. The molecule has 2 atom stereocenters. The first-order valence-electron chi connectivity index (χ1n) is 7.75. The first kappa shape index (κ1) is 15.9. The highest BCUT2D eigenvalue weighted by molar-refractivity contribution is 8.13. The van der Waals surface area contributed by atoms with E-state index in [4.69, 9.17) is 4.74 Å². The van der Waals surface area contributed by atoms with Gasteiger partial charge in [-0.2, -0.15) is 0 Å². The second-order valence-electron chi connectivity index (χ2n) is 5.80. The summed E-state index contributed by atoms with van der Waals surface area (Å²) in [5.41, 5.74) is 3.56. The van der Waals surface area contributed by atoms with Crippen LogP contribution >= 0.6 is 11.8 Å². The maximum Gasteiger partial charge on any atom is 0.253 e. The van der Waals surface area contributed by atoms with Crippen LogP contribution in [-0.2, 0) is 9.53 Å². The molecular weight excluding hydrogens is 304 g/mol. The van der Waals surface area contributed by atoms with Gasteiger partial charge in [0, 0.05) is 5.92 Å². The van der Waals surface area contributed by atoms with Gasteiger partial charge in [-0.15, -0.1) is 0 Å². The molecule has 0 bridgehead atoms. The predicted octanol–water partition coefficient (Wildman–Crippen LogP) is 5.01. The van der Waals surface area contributed by atoms with E-state index < -0.39 is 0 Å². The average molecular weight is 324 g/mol. The fourth-order valence-electron chi connectivity index (χ4n) is 2.95. The number of benzene rings is 2. The molecule has 0 aliphatic carbocycles. The lowest BCUT2D eigenvalue weighted by Crippen LogP contribution is -2.18. The summed E-state index contributed by atoms with van der Waals surface area (Å²) in [4.78, 5) is 12.2. The maximum atomic E-state index is 12.2. The van der Waals surface area contributed by atoms with E-state index in [1.165, 1.54) is 22.9 Å². The third kappa shape index (κ3) is 3.67. The highest BCUT2D eigenvalue weighted by Crippen LogP contribution is 2.39. The Morgan fingerprint density at radius 2 is 1.83 bits per heavy atom. The highest BCUT2D eigenvalue weighted by Gasteiger charge is 2.28. The lowest BCUT2D eigenvalue weighted by Gasteiger charge is -2.29. The Labute approximate surface area is 141 Å². The summed E-state index contributed by atoms with van der Waals surface area (Å²) in [7, 11) is 0. The Bertz CT molecular complexity index is 721. The molecule has 0 aromatic heterocycles. The zero-order valence-electron chi connectivity index (χ0n) is 13.4. The Hall–Kier alpha value is -2.00. The molecule has 1 heterocycles. The van der Waals surface area contributed by atoms with Gasteiger partial charge in [0.05, 0.1) is 0 Å². The fraction of sp³-hybridized carbons (Fsp3) is 0.250. The summed E-state index contributed by atoms with van der Waals surface area (Å²) in [6.45, 7) is 2.07. The van der Waals surface area contributed by atoms with Gasteiger partial charge >= 0.3 is 0 Å². The zero-order valence-corrected chi connectivity index (χ0v) is 14.2. The second kappa shape index (κ2) is 7.05. The van der Waals surface area contributed by atoms with Gasteiger partial charge in [-0.3, -0.25) is 4.79 Å². The van der Waals surface area contributed by atoms with Gasteiger partial charge in [-0.1, -0.05) is 71.9 Å². The Morgan fingerprint density at radius 1 is 1.09 bits per heavy atom. The topological polar surface area (TPSA) is 26.3 Å². The maximum absolute atomic E-state index is 12.2. The minimum absolute atomic E-state index is 0.0108. The van der Waals surface area contributed by atoms with Crippen molar-refractivity contribution in [3.05, 3.63) is 83.1 Å². The third-order valence-electron chi connectivity index (χ3n) is 4.12. The van der Waals surface area contributed by atoms with E-state index >= 15 is 0 Å². The zero-order chi connectivity index (χ0) is 16.2. The van der Waals surface area contributed by atoms with Crippen LogP contribution in [0, 0.1) is 6.92 Å². The Balaban J connectivity index is 1.95. The summed E-state index contributed by atoms with van der Waals surface area (Å²) in [6.07, 6.45) is 4.52. The first-order valence-corrected chi connectivity index (χ1v) is 8.98. The van der Waals surface area contributed by atoms with Crippen LogP contribution in [0.4, 0.5) is 0 Å². The van der Waals surface area contributed by atoms with E-state index in [-0.39, 0.29) is 17.1 Å². The molecule has 2 nitrogen and oxygen atoms in total. The van der Waals surface area contributed by atoms with Crippen molar-refractivity contribution >= 4 is 16.9 Å². The standard InChI is InChI=1S/C20H20O2S/c1-14-7-6-10-16(11-14)18-12-17(15-8-4-3-5-9-15)13-19(22-18)20(21)23-2/h3-11,13,17-18H,12H2,1-2H3/t17-,18-/m1/s1. The van der Waals surface area contributed by atoms with Crippen molar-refractivity contribution in [2.45, 2.75) is 25.4 Å². The van der Waals surface area contributed by atoms with Crippen LogP contribution in [0.5, 0.6) is 0 Å². The Kier molecular flexibility index (Phi) is 4.87. The van der Waals surface area contributed by atoms with Crippen LogP contribution in [0.3, 0.4) is 0 Å². The monoisotopic (exact) mass is 324 g/mol. The molecule has 3 rings (SSSR count). The minimum atomic E-state index is -0.0868. The summed E-state index contributed by atoms with van der Waals surface area (Å²) < 4.78 is 6.02. The van der Waals surface area contributed by atoms with Gasteiger partial charge in [0.15, 0.2) is 5.76 Å². The van der Waals surface area contributed by atoms with E-state index in [2.05, 4.69) is 37.3 Å². The number of allylic oxidation sites excluding steroid dienone is 1. The van der Waals surface area contributed by atoms with Crippen molar-refractivity contribution in [2.24, 2.45) is 0 Å². The number of thioether (sulfide) groups is 1. The number of rotatable bonds is 3. The van der Waals surface area contributed by atoms with E-state index in [0.717, 1.165) is 12.0 Å². The lowest BCUT2D eigenvalue weighted by molar-refractivity contribution is -0.112. The third-order valence-corrected chi connectivity index (χ3v) is 4.69. The smallest absolute Gasteiger partial charge is 0.253 e. The van der Waals surface area contributed by atoms with E-state index in [9.17, 15) is 4.79 Å². The van der Waals surface area contributed by atoms with Gasteiger partial charge < -0.3 is 4.74 Å². The molecule has 3 heteroatoms. The molecule has 1 aliphatic heterocycles. The lowest BCUT2D eigenvalue weighted by atomic mass is 9.88. The SMILES string of the molecule is CSC(=O)C1=C[C@H](c2ccccc2)C[C@H](c2cccc(C)c2)O1. The van der Waals surface area contributed by atoms with E-state index in [0.29, 0.717) is 5.76 Å². The number of carbonyl (C=O) groups is 1. The van der Waals surface area contributed by atoms with Gasteiger partial charge in [0.25, 0.3) is 5.12 Å². The summed E-state index contributed by atoms with van der Waals surface area (Å²) in [5.74, 6) is 0.672. The van der Waals surface area contributed by atoms with Crippen LogP contribution in [0.2, 0.25) is 0 Å². The molecule has 1 aliphatic rings. The van der Waals surface area contributed by atoms with E-state index in [1.807, 2.05) is 30.3 Å². The highest BCUT2D eigenvalue weighted by atomic mass is 32.2. The molecule has 2 aromatic carbocycles. The largest absolute Gasteiger partial charge is 0.481 e. The molecule has 2 aromatic rings. The molecule has 0 amide bonds. The number of carbonyl (C=O) groups excluding carboxylic acids is 1. The van der Waals surface area contributed by atoms with Crippen molar-refractivity contribution in [3.63, 3.8) is 0 Å². The fourth-order valence-corrected chi connectivity index (χ4v) is 3.26. The van der Waals surface area contributed by atoms with Crippen molar-refractivity contribution in [1.29, 1.82) is 0 Å². The summed E-state index contributed by atoms with van der Waals surface area (Å²) in [5, 5.41) is -0.0108. The minimum Gasteiger partial charge on any atom is -0.481 e. The van der Waals surface area contributed by atoms with Crippen LogP contribution in [0.1, 0.15) is 35.1 Å². The molecule has 0 N–H and O–H groups in total. The van der Waals surface area contributed by atoms with Crippen LogP contribution in [0.25, 0.3) is 0 Å². The normalized spacial score (nSPS) is 20.5. The predicted molar refractivity (Wildman–Crippen MR) is 95.4 cm³/mol. The van der Waals surface area contributed by atoms with Crippen molar-refractivity contribution in [2.75, 3.05) is 6.26 Å². The van der Waals surface area contributed by atoms with E-state index in [1.54, 1.807) is 6.26 Å². The van der Waals surface area contributed by atoms with Crippen molar-refractivity contribution in [3.8, 4) is 0 Å². The summed E-state index contributed by atoms with van der Waals surface area (Å²) >= 11 is 1.20. The molecular formula is C20H20O2S. The second-order valence-corrected chi connectivity index (χ2v) is 6.58. The number of ether oxygens (including phenoxy) is 1.